The van der Waals surface area contributed by atoms with Gasteiger partial charge in [0, 0.05) is 41.1 Å². The number of carbonyl (C=O) groups is 1. The van der Waals surface area contributed by atoms with Gasteiger partial charge in [-0.2, -0.15) is 0 Å². The van der Waals surface area contributed by atoms with Crippen molar-refractivity contribution in [1.82, 2.24) is 14.5 Å². The first-order valence-electron chi connectivity index (χ1n) is 11.6. The van der Waals surface area contributed by atoms with Crippen molar-refractivity contribution in [2.75, 3.05) is 10.6 Å². The van der Waals surface area contributed by atoms with Crippen LogP contribution in [0.4, 0.5) is 17.3 Å². The van der Waals surface area contributed by atoms with Crippen molar-refractivity contribution in [1.29, 1.82) is 0 Å². The van der Waals surface area contributed by atoms with Crippen LogP contribution in [0.2, 0.25) is 0 Å². The lowest BCUT2D eigenvalue weighted by atomic mass is 10.0. The molecule has 0 saturated carbocycles. The van der Waals surface area contributed by atoms with Crippen molar-refractivity contribution in [2.45, 2.75) is 13.8 Å². The summed E-state index contributed by atoms with van der Waals surface area (Å²) in [5.74, 6) is 0.170. The monoisotopic (exact) mass is 475 g/mol. The van der Waals surface area contributed by atoms with Gasteiger partial charge in [0.2, 0.25) is 5.95 Å². The number of aryl methyl sites for hydroxylation is 2. The van der Waals surface area contributed by atoms with E-state index in [2.05, 4.69) is 20.6 Å². The number of carbonyl (C=O) groups excluding carboxylic acids is 1. The van der Waals surface area contributed by atoms with Gasteiger partial charge >= 0.3 is 0 Å². The summed E-state index contributed by atoms with van der Waals surface area (Å²) < 4.78 is 1.58. The molecule has 0 fully saturated rings. The summed E-state index contributed by atoms with van der Waals surface area (Å²) in [5.41, 5.74) is 5.72. The van der Waals surface area contributed by atoms with Crippen molar-refractivity contribution in [3.05, 3.63) is 112 Å². The number of pyridine rings is 1. The molecule has 5 aromatic rings. The molecule has 0 saturated heterocycles. The topological polar surface area (TPSA) is 88.9 Å². The van der Waals surface area contributed by atoms with E-state index in [0.29, 0.717) is 33.8 Å². The highest BCUT2D eigenvalue weighted by Gasteiger charge is 2.14. The molecule has 5 rings (SSSR count). The molecular weight excluding hydrogens is 450 g/mol. The third-order valence-electron chi connectivity index (χ3n) is 6.06. The molecule has 36 heavy (non-hydrogen) atoms. The van der Waals surface area contributed by atoms with Gasteiger partial charge in [-0.25, -0.2) is 9.97 Å². The van der Waals surface area contributed by atoms with Gasteiger partial charge in [0.05, 0.1) is 5.69 Å². The minimum atomic E-state index is -0.227. The molecule has 2 heterocycles. The number of aromatic nitrogens is 3. The molecule has 178 valence electrons. The number of hydrogen-bond donors (Lipinski definition) is 2. The maximum absolute atomic E-state index is 13.3. The fourth-order valence-electron chi connectivity index (χ4n) is 4.11. The molecule has 0 unspecified atom stereocenters. The molecule has 0 bridgehead atoms. The Balaban J connectivity index is 1.50. The Morgan fingerprint density at radius 1 is 0.889 bits per heavy atom. The minimum absolute atomic E-state index is 0.187. The lowest BCUT2D eigenvalue weighted by Crippen LogP contribution is -2.20. The molecule has 0 radical (unpaired) electrons. The van der Waals surface area contributed by atoms with Crippen molar-refractivity contribution in [3.63, 3.8) is 0 Å². The van der Waals surface area contributed by atoms with Gasteiger partial charge in [0.1, 0.15) is 5.52 Å². The first kappa shape index (κ1) is 23.0. The maximum atomic E-state index is 13.3. The lowest BCUT2D eigenvalue weighted by molar-refractivity contribution is 0.102. The Morgan fingerprint density at radius 2 is 1.69 bits per heavy atom. The van der Waals surface area contributed by atoms with E-state index in [-0.39, 0.29) is 11.5 Å². The summed E-state index contributed by atoms with van der Waals surface area (Å²) in [6.07, 6.45) is 1.65. The van der Waals surface area contributed by atoms with Crippen molar-refractivity contribution in [2.24, 2.45) is 7.05 Å². The van der Waals surface area contributed by atoms with Crippen LogP contribution in [0.3, 0.4) is 0 Å². The number of fused-ring (bicyclic) bond motifs is 1. The first-order valence-corrected chi connectivity index (χ1v) is 11.6. The molecular formula is C29H25N5O2. The number of hydrogen-bond acceptors (Lipinski definition) is 5. The summed E-state index contributed by atoms with van der Waals surface area (Å²) in [6.45, 7) is 3.92. The quantitative estimate of drug-likeness (QED) is 0.345. The van der Waals surface area contributed by atoms with Gasteiger partial charge in [-0.05, 0) is 61.9 Å². The molecule has 3 aromatic carbocycles. The van der Waals surface area contributed by atoms with Crippen LogP contribution in [0, 0.1) is 13.8 Å². The predicted molar refractivity (Wildman–Crippen MR) is 144 cm³/mol. The highest BCUT2D eigenvalue weighted by molar-refractivity contribution is 6.04. The molecule has 7 heteroatoms. The van der Waals surface area contributed by atoms with E-state index in [1.54, 1.807) is 23.9 Å². The van der Waals surface area contributed by atoms with Gasteiger partial charge in [-0.1, -0.05) is 42.0 Å². The van der Waals surface area contributed by atoms with E-state index < -0.39 is 0 Å². The second kappa shape index (κ2) is 9.46. The van der Waals surface area contributed by atoms with Gasteiger partial charge in [-0.15, -0.1) is 0 Å². The van der Waals surface area contributed by atoms with E-state index in [1.807, 2.05) is 86.6 Å². The molecule has 2 aromatic heterocycles. The Kier molecular flexibility index (Phi) is 6.04. The second-order valence-corrected chi connectivity index (χ2v) is 8.74. The minimum Gasteiger partial charge on any atom is -0.324 e. The summed E-state index contributed by atoms with van der Waals surface area (Å²) in [4.78, 5) is 34.9. The molecule has 0 aliphatic rings. The van der Waals surface area contributed by atoms with E-state index in [9.17, 15) is 9.59 Å². The summed E-state index contributed by atoms with van der Waals surface area (Å²) in [7, 11) is 1.72. The lowest BCUT2D eigenvalue weighted by Gasteiger charge is -2.15. The van der Waals surface area contributed by atoms with Crippen LogP contribution in [-0.2, 0) is 7.05 Å². The van der Waals surface area contributed by atoms with E-state index in [1.165, 1.54) is 0 Å². The fraction of sp³-hybridized carbons (Fsp3) is 0.103. The Bertz CT molecular complexity index is 1660. The first-order chi connectivity index (χ1) is 17.4. The molecule has 0 spiro atoms. The third kappa shape index (κ3) is 4.59. The van der Waals surface area contributed by atoms with E-state index in [4.69, 9.17) is 0 Å². The normalized spacial score (nSPS) is 10.9. The smallest absolute Gasteiger partial charge is 0.277 e. The second-order valence-electron chi connectivity index (χ2n) is 8.74. The fourth-order valence-corrected chi connectivity index (χ4v) is 4.11. The van der Waals surface area contributed by atoms with Crippen molar-refractivity contribution < 1.29 is 4.79 Å². The largest absolute Gasteiger partial charge is 0.324 e. The highest BCUT2D eigenvalue weighted by Crippen LogP contribution is 2.28. The van der Waals surface area contributed by atoms with Crippen molar-refractivity contribution in [3.8, 4) is 11.3 Å². The van der Waals surface area contributed by atoms with Gasteiger partial charge in [-0.3, -0.25) is 9.59 Å². The summed E-state index contributed by atoms with van der Waals surface area (Å²) >= 11 is 0. The zero-order valence-corrected chi connectivity index (χ0v) is 20.2. The van der Waals surface area contributed by atoms with Crippen LogP contribution >= 0.6 is 0 Å². The standard InChI is InChI=1S/C29H25N5O2/c1-18-8-7-9-20(14-18)27(35)31-23-13-12-19(2)24(16-23)25-15-21-17-30-29(32-22-10-5-4-6-11-22)33-26(21)28(36)34(25)3/h4-17H,1-3H3,(H,31,35)(H,30,32,33). The number of nitrogens with zero attached hydrogens (tertiary/aromatic N) is 3. The van der Waals surface area contributed by atoms with Gasteiger partial charge < -0.3 is 15.2 Å². The van der Waals surface area contributed by atoms with Crippen molar-refractivity contribution >= 4 is 34.1 Å². The van der Waals surface area contributed by atoms with E-state index >= 15 is 0 Å². The Hall–Kier alpha value is -4.78. The summed E-state index contributed by atoms with van der Waals surface area (Å²) in [6, 6.07) is 24.6. The number of para-hydroxylation sites is 1. The predicted octanol–water partition coefficient (Wildman–Crippen LogP) is 5.61. The third-order valence-corrected chi connectivity index (χ3v) is 6.06. The zero-order chi connectivity index (χ0) is 25.2. The number of amides is 1. The van der Waals surface area contributed by atoms with Crippen LogP contribution in [0.1, 0.15) is 21.5 Å². The number of nitrogens with one attached hydrogen (secondary N) is 2. The highest BCUT2D eigenvalue weighted by atomic mass is 16.1. The molecule has 2 N–H and O–H groups in total. The van der Waals surface area contributed by atoms with E-state index in [0.717, 1.165) is 22.4 Å². The number of anilines is 3. The molecule has 0 atom stereocenters. The molecule has 7 nitrogen and oxygen atoms in total. The van der Waals surface area contributed by atoms with Crippen LogP contribution in [0.5, 0.6) is 0 Å². The van der Waals surface area contributed by atoms with Crippen LogP contribution in [0.15, 0.2) is 89.9 Å². The van der Waals surface area contributed by atoms with Crippen LogP contribution < -0.4 is 16.2 Å². The molecule has 0 aliphatic heterocycles. The molecule has 1 amide bonds. The van der Waals surface area contributed by atoms with Crippen LogP contribution in [0.25, 0.3) is 22.2 Å². The Labute approximate surface area is 208 Å². The Morgan fingerprint density at radius 3 is 2.47 bits per heavy atom. The number of rotatable bonds is 5. The average molecular weight is 476 g/mol. The van der Waals surface area contributed by atoms with Gasteiger partial charge in [0.25, 0.3) is 11.5 Å². The number of benzene rings is 3. The van der Waals surface area contributed by atoms with Crippen LogP contribution in [-0.4, -0.2) is 20.4 Å². The average Bonchev–Trinajstić information content (AvgIpc) is 2.88. The maximum Gasteiger partial charge on any atom is 0.277 e. The SMILES string of the molecule is Cc1cccc(C(=O)Nc2ccc(C)c(-c3cc4cnc(Nc5ccccc5)nc4c(=O)n3C)c2)c1. The van der Waals surface area contributed by atoms with Gasteiger partial charge in [0.15, 0.2) is 0 Å². The zero-order valence-electron chi connectivity index (χ0n) is 20.2. The molecule has 0 aliphatic carbocycles. The summed E-state index contributed by atoms with van der Waals surface area (Å²) in [5, 5.41) is 6.73.